The van der Waals surface area contributed by atoms with Crippen molar-refractivity contribution in [2.45, 2.75) is 38.1 Å². The number of carbonyl (C=O) groups excluding carboxylic acids is 1. The van der Waals surface area contributed by atoms with Crippen LogP contribution in [0.3, 0.4) is 0 Å². The smallest absolute Gasteiger partial charge is 0.257 e. The number of hydrogen-bond donors (Lipinski definition) is 1. The second-order valence-corrected chi connectivity index (χ2v) is 4.73. The molecule has 1 N–H and O–H groups in total. The molecule has 1 fully saturated rings. The Hall–Kier alpha value is -1.51. The lowest BCUT2D eigenvalue weighted by Crippen LogP contribution is -2.38. The van der Waals surface area contributed by atoms with Gasteiger partial charge in [-0.05, 0) is 25.0 Å². The van der Waals surface area contributed by atoms with Crippen LogP contribution in [-0.2, 0) is 0 Å². The minimum Gasteiger partial charge on any atom is -0.507 e. The number of phenols is 1. The van der Waals surface area contributed by atoms with Gasteiger partial charge in [-0.25, -0.2) is 0 Å². The average Bonchev–Trinajstić information content (AvgIpc) is 2.39. The number of amides is 1. The number of rotatable bonds is 2. The summed E-state index contributed by atoms with van der Waals surface area (Å²) in [5, 5.41) is 9.68. The molecule has 0 spiro atoms. The van der Waals surface area contributed by atoms with Crippen LogP contribution in [0.15, 0.2) is 24.3 Å². The van der Waals surface area contributed by atoms with Crippen molar-refractivity contribution < 1.29 is 9.90 Å². The lowest BCUT2D eigenvalue weighted by Gasteiger charge is -2.31. The van der Waals surface area contributed by atoms with Gasteiger partial charge < -0.3 is 10.0 Å². The SMILES string of the molecule is CN(C(=O)c1ccccc1O)C1CCCCC1. The molecular formula is C14H19NO2. The number of benzene rings is 1. The van der Waals surface area contributed by atoms with Crippen molar-refractivity contribution in [1.82, 2.24) is 4.90 Å². The predicted molar refractivity (Wildman–Crippen MR) is 67.1 cm³/mol. The van der Waals surface area contributed by atoms with Crippen molar-refractivity contribution in [2.75, 3.05) is 7.05 Å². The van der Waals surface area contributed by atoms with Gasteiger partial charge in [0.05, 0.1) is 5.56 Å². The first-order valence-electron chi connectivity index (χ1n) is 6.25. The normalized spacial score (nSPS) is 16.8. The summed E-state index contributed by atoms with van der Waals surface area (Å²) in [5.41, 5.74) is 0.403. The van der Waals surface area contributed by atoms with E-state index in [1.165, 1.54) is 19.3 Å². The highest BCUT2D eigenvalue weighted by molar-refractivity contribution is 5.96. The monoisotopic (exact) mass is 233 g/mol. The molecule has 0 aromatic heterocycles. The van der Waals surface area contributed by atoms with E-state index in [4.69, 9.17) is 0 Å². The molecular weight excluding hydrogens is 214 g/mol. The number of nitrogens with zero attached hydrogens (tertiary/aromatic N) is 1. The summed E-state index contributed by atoms with van der Waals surface area (Å²) in [6, 6.07) is 7.07. The van der Waals surface area contributed by atoms with Gasteiger partial charge in [0.25, 0.3) is 5.91 Å². The number of hydrogen-bond acceptors (Lipinski definition) is 2. The summed E-state index contributed by atoms with van der Waals surface area (Å²) >= 11 is 0. The third kappa shape index (κ3) is 2.60. The Morgan fingerprint density at radius 1 is 1.24 bits per heavy atom. The fraction of sp³-hybridized carbons (Fsp3) is 0.500. The van der Waals surface area contributed by atoms with Crippen LogP contribution in [0, 0.1) is 0 Å². The second kappa shape index (κ2) is 5.21. The summed E-state index contributed by atoms with van der Waals surface area (Å²) < 4.78 is 0. The fourth-order valence-corrected chi connectivity index (χ4v) is 2.48. The van der Waals surface area contributed by atoms with Crippen LogP contribution in [0.25, 0.3) is 0 Å². The Balaban J connectivity index is 2.11. The topological polar surface area (TPSA) is 40.5 Å². The van der Waals surface area contributed by atoms with Gasteiger partial charge in [0.1, 0.15) is 5.75 Å². The van der Waals surface area contributed by atoms with Crippen LogP contribution < -0.4 is 0 Å². The summed E-state index contributed by atoms with van der Waals surface area (Å²) in [4.78, 5) is 14.0. The zero-order valence-electron chi connectivity index (χ0n) is 10.2. The largest absolute Gasteiger partial charge is 0.507 e. The molecule has 17 heavy (non-hydrogen) atoms. The molecule has 92 valence electrons. The molecule has 1 aromatic rings. The van der Waals surface area contributed by atoms with Crippen molar-refractivity contribution in [3.05, 3.63) is 29.8 Å². The molecule has 1 amide bonds. The van der Waals surface area contributed by atoms with Gasteiger partial charge in [-0.3, -0.25) is 4.79 Å². The van der Waals surface area contributed by atoms with Crippen molar-refractivity contribution in [1.29, 1.82) is 0 Å². The molecule has 0 heterocycles. The van der Waals surface area contributed by atoms with E-state index in [1.807, 2.05) is 7.05 Å². The van der Waals surface area contributed by atoms with Crippen molar-refractivity contribution in [3.63, 3.8) is 0 Å². The second-order valence-electron chi connectivity index (χ2n) is 4.73. The summed E-state index contributed by atoms with van der Waals surface area (Å²) in [6.07, 6.45) is 5.83. The maximum atomic E-state index is 12.2. The number of aromatic hydroxyl groups is 1. The lowest BCUT2D eigenvalue weighted by molar-refractivity contribution is 0.0693. The summed E-state index contributed by atoms with van der Waals surface area (Å²) in [6.45, 7) is 0. The maximum absolute atomic E-state index is 12.2. The highest BCUT2D eigenvalue weighted by Gasteiger charge is 2.24. The summed E-state index contributed by atoms with van der Waals surface area (Å²) in [5.74, 6) is -0.00448. The van der Waals surface area contributed by atoms with Gasteiger partial charge in [-0.15, -0.1) is 0 Å². The molecule has 0 bridgehead atoms. The molecule has 0 saturated heterocycles. The van der Waals surface area contributed by atoms with E-state index in [1.54, 1.807) is 29.2 Å². The molecule has 0 radical (unpaired) electrons. The molecule has 3 nitrogen and oxygen atoms in total. The Bertz CT molecular complexity index is 397. The van der Waals surface area contributed by atoms with Crippen molar-refractivity contribution >= 4 is 5.91 Å². The van der Waals surface area contributed by atoms with Gasteiger partial charge in [0.2, 0.25) is 0 Å². The molecule has 0 aliphatic heterocycles. The zero-order valence-corrected chi connectivity index (χ0v) is 10.2. The van der Waals surface area contributed by atoms with E-state index < -0.39 is 0 Å². The molecule has 1 saturated carbocycles. The van der Waals surface area contributed by atoms with E-state index in [2.05, 4.69) is 0 Å². The zero-order chi connectivity index (χ0) is 12.3. The van der Waals surface area contributed by atoms with E-state index in [9.17, 15) is 9.90 Å². The standard InChI is InChI=1S/C14H19NO2/c1-15(11-7-3-2-4-8-11)14(17)12-9-5-6-10-13(12)16/h5-6,9-11,16H,2-4,7-8H2,1H3. The third-order valence-corrected chi connectivity index (χ3v) is 3.58. The minimum atomic E-state index is -0.0741. The molecule has 1 aromatic carbocycles. The van der Waals surface area contributed by atoms with E-state index in [-0.39, 0.29) is 11.7 Å². The van der Waals surface area contributed by atoms with Gasteiger partial charge >= 0.3 is 0 Å². The Morgan fingerprint density at radius 2 is 1.88 bits per heavy atom. The number of phenolic OH excluding ortho intramolecular Hbond substituents is 1. The van der Waals surface area contributed by atoms with Crippen LogP contribution in [0.5, 0.6) is 5.75 Å². The first-order chi connectivity index (χ1) is 8.20. The molecule has 3 heteroatoms. The highest BCUT2D eigenvalue weighted by Crippen LogP contribution is 2.25. The Kier molecular flexibility index (Phi) is 3.67. The van der Waals surface area contributed by atoms with E-state index >= 15 is 0 Å². The average molecular weight is 233 g/mol. The van der Waals surface area contributed by atoms with E-state index in [0.717, 1.165) is 12.8 Å². The molecule has 1 aliphatic carbocycles. The van der Waals surface area contributed by atoms with Crippen LogP contribution in [0.4, 0.5) is 0 Å². The third-order valence-electron chi connectivity index (χ3n) is 3.58. The number of carbonyl (C=O) groups is 1. The minimum absolute atomic E-state index is 0.0696. The van der Waals surface area contributed by atoms with Crippen molar-refractivity contribution in [3.8, 4) is 5.75 Å². The van der Waals surface area contributed by atoms with Gasteiger partial charge in [0.15, 0.2) is 0 Å². The van der Waals surface area contributed by atoms with Gasteiger partial charge in [0, 0.05) is 13.1 Å². The Labute approximate surface area is 102 Å². The Morgan fingerprint density at radius 3 is 2.53 bits per heavy atom. The first kappa shape index (κ1) is 12.0. The fourth-order valence-electron chi connectivity index (χ4n) is 2.48. The van der Waals surface area contributed by atoms with Crippen molar-refractivity contribution in [2.24, 2.45) is 0 Å². The molecule has 1 aliphatic rings. The van der Waals surface area contributed by atoms with Crippen LogP contribution in [0.2, 0.25) is 0 Å². The van der Waals surface area contributed by atoms with Gasteiger partial charge in [-0.2, -0.15) is 0 Å². The first-order valence-corrected chi connectivity index (χ1v) is 6.25. The van der Waals surface area contributed by atoms with Gasteiger partial charge in [-0.1, -0.05) is 31.4 Å². The summed E-state index contributed by atoms with van der Waals surface area (Å²) in [7, 11) is 1.84. The van der Waals surface area contributed by atoms with Crippen LogP contribution >= 0.6 is 0 Å². The maximum Gasteiger partial charge on any atom is 0.257 e. The van der Waals surface area contributed by atoms with E-state index in [0.29, 0.717) is 11.6 Å². The molecule has 0 unspecified atom stereocenters. The number of para-hydroxylation sites is 1. The predicted octanol–water partition coefficient (Wildman–Crippen LogP) is 2.80. The molecule has 0 atom stereocenters. The highest BCUT2D eigenvalue weighted by atomic mass is 16.3. The van der Waals surface area contributed by atoms with Crippen LogP contribution in [-0.4, -0.2) is 29.0 Å². The van der Waals surface area contributed by atoms with Crippen LogP contribution in [0.1, 0.15) is 42.5 Å². The molecule has 2 rings (SSSR count). The lowest BCUT2D eigenvalue weighted by atomic mass is 9.94. The quantitative estimate of drug-likeness (QED) is 0.853.